The van der Waals surface area contributed by atoms with Crippen LogP contribution in [0.5, 0.6) is 0 Å². The van der Waals surface area contributed by atoms with Gasteiger partial charge in [0.15, 0.2) is 0 Å². The summed E-state index contributed by atoms with van der Waals surface area (Å²) in [6, 6.07) is 37.8. The van der Waals surface area contributed by atoms with Gasteiger partial charge in [0.1, 0.15) is 11.2 Å². The number of para-hydroxylation sites is 2. The molecular weight excluding hydrogens is 366 g/mol. The van der Waals surface area contributed by atoms with Crippen LogP contribution in [0.1, 0.15) is 0 Å². The molecule has 0 unspecified atom stereocenters. The topological polar surface area (TPSA) is 25.2 Å². The van der Waals surface area contributed by atoms with Crippen molar-refractivity contribution >= 4 is 44.1 Å². The molecule has 1 aromatic heterocycles. The van der Waals surface area contributed by atoms with Crippen LogP contribution in [-0.2, 0) is 0 Å². The lowest BCUT2D eigenvalue weighted by Crippen LogP contribution is -1.90. The first-order valence-electron chi connectivity index (χ1n) is 10.1. The highest BCUT2D eigenvalue weighted by Gasteiger charge is 2.16. The maximum absolute atomic E-state index is 6.36. The van der Waals surface area contributed by atoms with Gasteiger partial charge in [0, 0.05) is 27.7 Å². The van der Waals surface area contributed by atoms with E-state index in [2.05, 4.69) is 78.1 Å². The number of furan rings is 1. The highest BCUT2D eigenvalue weighted by molar-refractivity contribution is 6.22. The summed E-state index contributed by atoms with van der Waals surface area (Å²) in [5, 5.41) is 8.23. The van der Waals surface area contributed by atoms with Gasteiger partial charge >= 0.3 is 0 Å². The molecule has 2 nitrogen and oxygen atoms in total. The van der Waals surface area contributed by atoms with E-state index in [9.17, 15) is 0 Å². The Morgan fingerprint density at radius 1 is 0.567 bits per heavy atom. The van der Waals surface area contributed by atoms with Crippen molar-refractivity contribution in [2.75, 3.05) is 5.32 Å². The van der Waals surface area contributed by atoms with Crippen LogP contribution in [-0.4, -0.2) is 0 Å². The van der Waals surface area contributed by atoms with Gasteiger partial charge in [-0.05, 0) is 52.7 Å². The molecule has 0 spiro atoms. The molecule has 1 N–H and O–H groups in total. The van der Waals surface area contributed by atoms with Gasteiger partial charge in [-0.1, -0.05) is 72.8 Å². The number of fused-ring (bicyclic) bond motifs is 5. The zero-order chi connectivity index (χ0) is 19.9. The van der Waals surface area contributed by atoms with E-state index >= 15 is 0 Å². The molecule has 1 heterocycles. The first kappa shape index (κ1) is 16.9. The smallest absolute Gasteiger partial charge is 0.143 e. The van der Waals surface area contributed by atoms with Crippen LogP contribution in [0.4, 0.5) is 11.4 Å². The zero-order valence-electron chi connectivity index (χ0n) is 16.3. The summed E-state index contributed by atoms with van der Waals surface area (Å²) in [5.41, 5.74) is 6.29. The summed E-state index contributed by atoms with van der Waals surface area (Å²) in [6.45, 7) is 0. The Morgan fingerprint density at radius 2 is 1.30 bits per heavy atom. The lowest BCUT2D eigenvalue weighted by molar-refractivity contribution is 0.670. The van der Waals surface area contributed by atoms with Gasteiger partial charge in [-0.25, -0.2) is 0 Å². The number of nitrogens with one attached hydrogen (secondary N) is 1. The minimum Gasteiger partial charge on any atom is -0.455 e. The van der Waals surface area contributed by atoms with Crippen LogP contribution in [0.15, 0.2) is 114 Å². The van der Waals surface area contributed by atoms with Gasteiger partial charge in [-0.3, -0.25) is 0 Å². The Labute approximate surface area is 174 Å². The fourth-order valence-corrected chi connectivity index (χ4v) is 4.23. The Bertz CT molecular complexity index is 1500. The molecular formula is C28H19NO. The summed E-state index contributed by atoms with van der Waals surface area (Å²) in [6.07, 6.45) is 0. The van der Waals surface area contributed by atoms with E-state index in [1.54, 1.807) is 0 Å². The van der Waals surface area contributed by atoms with E-state index in [1.165, 1.54) is 16.2 Å². The third kappa shape index (κ3) is 2.73. The van der Waals surface area contributed by atoms with Crippen molar-refractivity contribution in [2.45, 2.75) is 0 Å². The molecule has 142 valence electrons. The van der Waals surface area contributed by atoms with Crippen molar-refractivity contribution in [3.63, 3.8) is 0 Å². The van der Waals surface area contributed by atoms with Crippen molar-refractivity contribution in [1.82, 2.24) is 0 Å². The molecule has 0 atom stereocenters. The Hall–Kier alpha value is -4.04. The van der Waals surface area contributed by atoms with Crippen molar-refractivity contribution in [3.05, 3.63) is 109 Å². The van der Waals surface area contributed by atoms with E-state index in [0.29, 0.717) is 0 Å². The average Bonchev–Trinajstić information content (AvgIpc) is 3.19. The molecule has 2 heteroatoms. The molecule has 0 fully saturated rings. The highest BCUT2D eigenvalue weighted by Crippen LogP contribution is 2.41. The van der Waals surface area contributed by atoms with Crippen LogP contribution >= 0.6 is 0 Å². The molecule has 0 saturated carbocycles. The molecule has 6 rings (SSSR count). The normalized spacial score (nSPS) is 11.3. The predicted molar refractivity (Wildman–Crippen MR) is 126 cm³/mol. The molecule has 0 aliphatic heterocycles. The first-order chi connectivity index (χ1) is 14.9. The van der Waals surface area contributed by atoms with Gasteiger partial charge in [0.2, 0.25) is 0 Å². The van der Waals surface area contributed by atoms with E-state index < -0.39 is 0 Å². The number of hydrogen-bond donors (Lipinski definition) is 1. The highest BCUT2D eigenvalue weighted by atomic mass is 16.3. The van der Waals surface area contributed by atoms with Crippen LogP contribution < -0.4 is 5.32 Å². The summed E-state index contributed by atoms with van der Waals surface area (Å²) in [5.74, 6) is 0. The Morgan fingerprint density at radius 3 is 2.13 bits per heavy atom. The standard InChI is InChI=1S/C28H19NO/c1-3-9-19(10-4-1)25-18-20-17-22(29-21-11-5-2-6-12-21)15-16-23(20)27-24-13-7-8-14-26(24)30-28(25)27/h1-18,29H. The van der Waals surface area contributed by atoms with E-state index in [4.69, 9.17) is 4.42 Å². The second-order valence-electron chi connectivity index (χ2n) is 7.52. The van der Waals surface area contributed by atoms with Crippen molar-refractivity contribution in [2.24, 2.45) is 0 Å². The number of benzene rings is 5. The molecule has 0 radical (unpaired) electrons. The predicted octanol–water partition coefficient (Wildman–Crippen LogP) is 8.15. The lowest BCUT2D eigenvalue weighted by atomic mass is 9.96. The number of rotatable bonds is 3. The summed E-state index contributed by atoms with van der Waals surface area (Å²) in [4.78, 5) is 0. The minimum absolute atomic E-state index is 0.920. The van der Waals surface area contributed by atoms with Gasteiger partial charge in [-0.2, -0.15) is 0 Å². The fourth-order valence-electron chi connectivity index (χ4n) is 4.23. The zero-order valence-corrected chi connectivity index (χ0v) is 16.3. The van der Waals surface area contributed by atoms with Crippen molar-refractivity contribution < 1.29 is 4.42 Å². The molecule has 5 aromatic carbocycles. The lowest BCUT2D eigenvalue weighted by Gasteiger charge is -2.10. The van der Waals surface area contributed by atoms with Gasteiger partial charge in [0.05, 0.1) is 0 Å². The van der Waals surface area contributed by atoms with Crippen LogP contribution in [0.3, 0.4) is 0 Å². The largest absolute Gasteiger partial charge is 0.455 e. The Balaban J connectivity index is 1.65. The molecule has 0 bridgehead atoms. The van der Waals surface area contributed by atoms with Crippen LogP contribution in [0.25, 0.3) is 43.8 Å². The minimum atomic E-state index is 0.920. The van der Waals surface area contributed by atoms with Crippen molar-refractivity contribution in [1.29, 1.82) is 0 Å². The third-order valence-electron chi connectivity index (χ3n) is 5.61. The summed E-state index contributed by atoms with van der Waals surface area (Å²) >= 11 is 0. The number of anilines is 2. The summed E-state index contributed by atoms with van der Waals surface area (Å²) in [7, 11) is 0. The van der Waals surface area contributed by atoms with Gasteiger partial charge < -0.3 is 9.73 Å². The average molecular weight is 385 g/mol. The molecule has 0 amide bonds. The quantitative estimate of drug-likeness (QED) is 0.332. The summed E-state index contributed by atoms with van der Waals surface area (Å²) < 4.78 is 6.36. The molecule has 30 heavy (non-hydrogen) atoms. The second-order valence-corrected chi connectivity index (χ2v) is 7.52. The van der Waals surface area contributed by atoms with E-state index in [-0.39, 0.29) is 0 Å². The molecule has 0 aliphatic rings. The number of hydrogen-bond acceptors (Lipinski definition) is 2. The SMILES string of the molecule is c1ccc(Nc2ccc3c(c2)cc(-c2ccccc2)c2oc4ccccc4c23)cc1. The first-order valence-corrected chi connectivity index (χ1v) is 10.1. The van der Waals surface area contributed by atoms with E-state index in [1.807, 2.05) is 36.4 Å². The second kappa shape index (κ2) is 6.78. The maximum atomic E-state index is 6.36. The Kier molecular flexibility index (Phi) is 3.82. The molecule has 0 aliphatic carbocycles. The monoisotopic (exact) mass is 385 g/mol. The van der Waals surface area contributed by atoms with E-state index in [0.717, 1.165) is 39.1 Å². The fraction of sp³-hybridized carbons (Fsp3) is 0. The van der Waals surface area contributed by atoms with Crippen LogP contribution in [0.2, 0.25) is 0 Å². The molecule has 6 aromatic rings. The maximum Gasteiger partial charge on any atom is 0.143 e. The van der Waals surface area contributed by atoms with Crippen molar-refractivity contribution in [3.8, 4) is 11.1 Å². The van der Waals surface area contributed by atoms with Gasteiger partial charge in [-0.15, -0.1) is 0 Å². The van der Waals surface area contributed by atoms with Crippen LogP contribution in [0, 0.1) is 0 Å². The third-order valence-corrected chi connectivity index (χ3v) is 5.61. The van der Waals surface area contributed by atoms with Gasteiger partial charge in [0.25, 0.3) is 0 Å². The molecule has 0 saturated heterocycles.